The molecular formula is C24H23ClN6S. The first-order chi connectivity index (χ1) is 15.5. The van der Waals surface area contributed by atoms with Gasteiger partial charge in [-0.2, -0.15) is 0 Å². The molecule has 3 heterocycles. The number of hydrogen-bond acceptors (Lipinski definition) is 6. The molecule has 0 aliphatic heterocycles. The van der Waals surface area contributed by atoms with Gasteiger partial charge in [0.05, 0.1) is 6.33 Å². The van der Waals surface area contributed by atoms with Crippen LogP contribution in [-0.2, 0) is 13.6 Å². The first kappa shape index (κ1) is 20.9. The second kappa shape index (κ2) is 8.50. The highest BCUT2D eigenvalue weighted by atomic mass is 35.5. The molecule has 3 aromatic heterocycles. The number of thiazole rings is 1. The van der Waals surface area contributed by atoms with E-state index >= 15 is 0 Å². The smallest absolute Gasteiger partial charge is 0.155 e. The number of imidazole rings is 1. The first-order valence-electron chi connectivity index (χ1n) is 10.4. The maximum absolute atomic E-state index is 6.30. The molecule has 5 rings (SSSR count). The van der Waals surface area contributed by atoms with Crippen LogP contribution in [0.2, 0.25) is 5.02 Å². The number of benzene rings is 2. The lowest BCUT2D eigenvalue weighted by atomic mass is 10.0. The van der Waals surface area contributed by atoms with Gasteiger partial charge in [-0.15, -0.1) is 0 Å². The van der Waals surface area contributed by atoms with E-state index in [1.165, 1.54) is 5.56 Å². The Bertz CT molecular complexity index is 1420. The van der Waals surface area contributed by atoms with Gasteiger partial charge in [-0.25, -0.2) is 15.0 Å². The van der Waals surface area contributed by atoms with Gasteiger partial charge in [0, 0.05) is 37.3 Å². The van der Waals surface area contributed by atoms with Crippen LogP contribution in [-0.4, -0.2) is 26.6 Å². The third-order valence-corrected chi connectivity index (χ3v) is 7.00. The molecule has 0 saturated carbocycles. The summed E-state index contributed by atoms with van der Waals surface area (Å²) in [7, 11) is 3.85. The number of aromatic nitrogens is 4. The highest BCUT2D eigenvalue weighted by Crippen LogP contribution is 2.35. The lowest BCUT2D eigenvalue weighted by molar-refractivity contribution is 0.575. The summed E-state index contributed by atoms with van der Waals surface area (Å²) in [5.74, 6) is 0.773. The van der Waals surface area contributed by atoms with Crippen molar-refractivity contribution in [2.45, 2.75) is 19.5 Å². The Kier molecular flexibility index (Phi) is 5.55. The van der Waals surface area contributed by atoms with Gasteiger partial charge in [0.2, 0.25) is 0 Å². The molecule has 0 aliphatic rings. The molecule has 0 spiro atoms. The van der Waals surface area contributed by atoms with Gasteiger partial charge in [-0.3, -0.25) is 0 Å². The lowest BCUT2D eigenvalue weighted by Crippen LogP contribution is -2.18. The van der Waals surface area contributed by atoms with Crippen LogP contribution in [0.1, 0.15) is 24.1 Å². The molecule has 1 atom stereocenters. The summed E-state index contributed by atoms with van der Waals surface area (Å²) in [4.78, 5) is 15.1. The number of nitrogens with zero attached hydrogens (tertiary/aromatic N) is 4. The van der Waals surface area contributed by atoms with E-state index in [-0.39, 0.29) is 6.04 Å². The molecule has 0 bridgehead atoms. The summed E-state index contributed by atoms with van der Waals surface area (Å²) >= 11 is 7.90. The lowest BCUT2D eigenvalue weighted by Gasteiger charge is -2.15. The van der Waals surface area contributed by atoms with Gasteiger partial charge in [0.15, 0.2) is 5.82 Å². The minimum Gasteiger partial charge on any atom is -0.371 e. The van der Waals surface area contributed by atoms with Crippen LogP contribution in [0.3, 0.4) is 0 Å². The van der Waals surface area contributed by atoms with E-state index in [4.69, 9.17) is 21.6 Å². The average Bonchev–Trinajstić information content (AvgIpc) is 3.41. The Morgan fingerprint density at radius 2 is 1.94 bits per heavy atom. The Hall–Kier alpha value is -3.00. The Morgan fingerprint density at radius 3 is 2.75 bits per heavy atom. The van der Waals surface area contributed by atoms with Crippen molar-refractivity contribution in [3.8, 4) is 10.6 Å². The van der Waals surface area contributed by atoms with Gasteiger partial charge in [0.1, 0.15) is 26.4 Å². The van der Waals surface area contributed by atoms with Crippen LogP contribution in [0.25, 0.3) is 32.0 Å². The first-order valence-corrected chi connectivity index (χ1v) is 11.6. The fourth-order valence-electron chi connectivity index (χ4n) is 3.84. The maximum atomic E-state index is 6.30. The van der Waals surface area contributed by atoms with Crippen LogP contribution >= 0.6 is 22.9 Å². The van der Waals surface area contributed by atoms with E-state index in [2.05, 4.69) is 46.8 Å². The molecule has 6 nitrogen and oxygen atoms in total. The predicted octanol–water partition coefficient (Wildman–Crippen LogP) is 5.79. The van der Waals surface area contributed by atoms with Crippen molar-refractivity contribution in [1.29, 1.82) is 0 Å². The van der Waals surface area contributed by atoms with Crippen LogP contribution in [0.5, 0.6) is 0 Å². The van der Waals surface area contributed by atoms with E-state index in [1.807, 2.05) is 42.9 Å². The van der Waals surface area contributed by atoms with Crippen LogP contribution in [0.4, 0.5) is 5.82 Å². The second-order valence-electron chi connectivity index (χ2n) is 7.76. The maximum Gasteiger partial charge on any atom is 0.155 e. The van der Waals surface area contributed by atoms with Crippen LogP contribution < -0.4 is 10.6 Å². The molecule has 0 radical (unpaired) electrons. The molecule has 1 unspecified atom stereocenters. The van der Waals surface area contributed by atoms with Gasteiger partial charge in [0.25, 0.3) is 0 Å². The van der Waals surface area contributed by atoms with Crippen molar-refractivity contribution in [1.82, 2.24) is 24.8 Å². The van der Waals surface area contributed by atoms with Gasteiger partial charge in [-0.05, 0) is 30.2 Å². The summed E-state index contributed by atoms with van der Waals surface area (Å²) in [5, 5.41) is 8.46. The Morgan fingerprint density at radius 1 is 1.09 bits per heavy atom. The van der Waals surface area contributed by atoms with E-state index in [0.717, 1.165) is 48.4 Å². The fourth-order valence-corrected chi connectivity index (χ4v) is 4.98. The molecule has 0 amide bonds. The molecule has 162 valence electrons. The normalized spacial score (nSPS) is 12.5. The van der Waals surface area contributed by atoms with Crippen molar-refractivity contribution < 1.29 is 0 Å². The molecule has 2 N–H and O–H groups in total. The third-order valence-electron chi connectivity index (χ3n) is 5.64. The van der Waals surface area contributed by atoms with Gasteiger partial charge < -0.3 is 15.2 Å². The Balaban J connectivity index is 1.47. The molecule has 2 aromatic carbocycles. The largest absolute Gasteiger partial charge is 0.371 e. The predicted molar refractivity (Wildman–Crippen MR) is 133 cm³/mol. The van der Waals surface area contributed by atoms with Crippen molar-refractivity contribution >= 4 is 50.1 Å². The topological polar surface area (TPSA) is 67.7 Å². The zero-order valence-corrected chi connectivity index (χ0v) is 19.6. The monoisotopic (exact) mass is 462 g/mol. The Labute approximate surface area is 195 Å². The van der Waals surface area contributed by atoms with Gasteiger partial charge in [-0.1, -0.05) is 59.3 Å². The fraction of sp³-hybridized carbons (Fsp3) is 0.208. The summed E-state index contributed by atoms with van der Waals surface area (Å²) in [6.45, 7) is 2.87. The van der Waals surface area contributed by atoms with E-state index < -0.39 is 0 Å². The quantitative estimate of drug-likeness (QED) is 0.334. The molecule has 0 fully saturated rings. The molecule has 5 aromatic rings. The zero-order valence-electron chi connectivity index (χ0n) is 18.1. The van der Waals surface area contributed by atoms with Crippen molar-refractivity contribution in [2.75, 3.05) is 12.4 Å². The SMILES string of the molecule is CNc1nc2sc(-c3cccc(C(C)NCc4ccccc4Cl)c3)nc2c2c1ncn2C. The summed E-state index contributed by atoms with van der Waals surface area (Å²) in [6, 6.07) is 16.6. The van der Waals surface area contributed by atoms with E-state index in [0.29, 0.717) is 6.54 Å². The van der Waals surface area contributed by atoms with Crippen LogP contribution in [0, 0.1) is 0 Å². The number of anilines is 1. The average molecular weight is 463 g/mol. The van der Waals surface area contributed by atoms with E-state index in [1.54, 1.807) is 17.7 Å². The summed E-state index contributed by atoms with van der Waals surface area (Å²) < 4.78 is 2.00. The second-order valence-corrected chi connectivity index (χ2v) is 9.14. The number of pyridine rings is 1. The molecule has 32 heavy (non-hydrogen) atoms. The number of rotatable bonds is 6. The number of nitrogens with one attached hydrogen (secondary N) is 2. The minimum atomic E-state index is 0.165. The summed E-state index contributed by atoms with van der Waals surface area (Å²) in [6.07, 6.45) is 1.80. The highest BCUT2D eigenvalue weighted by Gasteiger charge is 2.17. The highest BCUT2D eigenvalue weighted by molar-refractivity contribution is 7.21. The summed E-state index contributed by atoms with van der Waals surface area (Å²) in [5.41, 5.74) is 6.09. The number of fused-ring (bicyclic) bond motifs is 3. The van der Waals surface area contributed by atoms with Crippen molar-refractivity contribution in [3.05, 3.63) is 71.0 Å². The number of aryl methyl sites for hydroxylation is 1. The minimum absolute atomic E-state index is 0.165. The third kappa shape index (κ3) is 3.72. The van der Waals surface area contributed by atoms with Crippen LogP contribution in [0.15, 0.2) is 54.9 Å². The van der Waals surface area contributed by atoms with E-state index in [9.17, 15) is 0 Å². The molecule has 0 saturated heterocycles. The molecular weight excluding hydrogens is 440 g/mol. The molecule has 8 heteroatoms. The van der Waals surface area contributed by atoms with Gasteiger partial charge >= 0.3 is 0 Å². The molecule has 0 aliphatic carbocycles. The van der Waals surface area contributed by atoms with Crippen molar-refractivity contribution in [3.63, 3.8) is 0 Å². The van der Waals surface area contributed by atoms with Crippen molar-refractivity contribution in [2.24, 2.45) is 7.05 Å². The number of halogens is 1. The number of hydrogen-bond donors (Lipinski definition) is 2. The standard InChI is InChI=1S/C24H23ClN6S/c1-14(27-12-17-7-4-5-10-18(17)25)15-8-6-9-16(11-15)23-29-20-21-19(28-13-31(21)3)22(26-2)30-24(20)32-23/h4-11,13-14,27H,12H2,1-3H3,(H,26,30). The zero-order chi connectivity index (χ0) is 22.2.